The van der Waals surface area contributed by atoms with E-state index in [-0.39, 0.29) is 5.91 Å². The first-order valence-corrected chi connectivity index (χ1v) is 6.61. The molecule has 0 aliphatic rings. The largest absolute Gasteiger partial charge is 0.350 e. The van der Waals surface area contributed by atoms with E-state index in [0.29, 0.717) is 18.2 Å². The first kappa shape index (κ1) is 14.7. The van der Waals surface area contributed by atoms with Gasteiger partial charge in [0.25, 0.3) is 5.91 Å². The fourth-order valence-electron chi connectivity index (χ4n) is 1.84. The molecule has 0 aliphatic heterocycles. The zero-order valence-corrected chi connectivity index (χ0v) is 11.8. The summed E-state index contributed by atoms with van der Waals surface area (Å²) in [4.78, 5) is 12.1. The number of hydrogen-bond donors (Lipinski definition) is 2. The van der Waals surface area contributed by atoms with Gasteiger partial charge in [-0.05, 0) is 38.9 Å². The van der Waals surface area contributed by atoms with E-state index in [1.54, 1.807) is 4.68 Å². The average Bonchev–Trinajstić information content (AvgIpc) is 2.79. The Hall–Kier alpha value is -1.36. The molecule has 2 N–H and O–H groups in total. The smallest absolute Gasteiger partial charge is 0.269 e. The lowest BCUT2D eigenvalue weighted by Crippen LogP contribution is -2.33. The predicted octanol–water partition coefficient (Wildman–Crippen LogP) is 1.05. The number of carbonyl (C=O) groups is 1. The quantitative estimate of drug-likeness (QED) is 0.762. The van der Waals surface area contributed by atoms with Gasteiger partial charge in [-0.2, -0.15) is 5.10 Å². The van der Waals surface area contributed by atoms with Gasteiger partial charge >= 0.3 is 0 Å². The number of aromatic nitrogens is 2. The minimum Gasteiger partial charge on any atom is -0.350 e. The number of hydrogen-bond acceptors (Lipinski definition) is 3. The van der Waals surface area contributed by atoms with Crippen LogP contribution in [0.1, 0.15) is 37.0 Å². The number of carbonyl (C=O) groups excluding carboxylic acids is 1. The second-order valence-electron chi connectivity index (χ2n) is 4.56. The van der Waals surface area contributed by atoms with Crippen molar-refractivity contribution in [3.05, 3.63) is 17.5 Å². The van der Waals surface area contributed by atoms with Crippen LogP contribution in [0.15, 0.2) is 6.07 Å². The van der Waals surface area contributed by atoms with Gasteiger partial charge in [-0.15, -0.1) is 0 Å². The van der Waals surface area contributed by atoms with Crippen LogP contribution in [0.3, 0.4) is 0 Å². The predicted molar refractivity (Wildman–Crippen MR) is 72.7 cm³/mol. The van der Waals surface area contributed by atoms with E-state index in [9.17, 15) is 4.79 Å². The Kier molecular flexibility index (Phi) is 5.85. The van der Waals surface area contributed by atoms with E-state index in [4.69, 9.17) is 0 Å². The first-order valence-electron chi connectivity index (χ1n) is 6.61. The molecule has 0 bridgehead atoms. The highest BCUT2D eigenvalue weighted by atomic mass is 16.2. The van der Waals surface area contributed by atoms with Crippen LogP contribution in [-0.2, 0) is 13.0 Å². The molecule has 0 radical (unpaired) electrons. The Labute approximate surface area is 109 Å². The summed E-state index contributed by atoms with van der Waals surface area (Å²) in [5, 5.41) is 10.4. The molecule has 0 fully saturated rings. The summed E-state index contributed by atoms with van der Waals surface area (Å²) in [6.45, 7) is 8.43. The minimum atomic E-state index is -0.0352. The Bertz CT molecular complexity index is 386. The van der Waals surface area contributed by atoms with Crippen LogP contribution in [0.2, 0.25) is 0 Å². The molecule has 1 atom stereocenters. The van der Waals surface area contributed by atoms with Crippen LogP contribution in [0.25, 0.3) is 0 Å². The van der Waals surface area contributed by atoms with Crippen molar-refractivity contribution in [2.75, 3.05) is 20.1 Å². The van der Waals surface area contributed by atoms with Gasteiger partial charge in [-0.25, -0.2) is 0 Å². The Morgan fingerprint density at radius 2 is 2.17 bits per heavy atom. The molecule has 1 heterocycles. The summed E-state index contributed by atoms with van der Waals surface area (Å²) < 4.78 is 1.76. The SMILES string of the molecule is CCc1cc(C(=O)NCC(C)CNC)n(CC)n1. The van der Waals surface area contributed by atoms with E-state index in [1.165, 1.54) is 0 Å². The van der Waals surface area contributed by atoms with Gasteiger partial charge in [0.1, 0.15) is 5.69 Å². The number of nitrogens with one attached hydrogen (secondary N) is 2. The second-order valence-corrected chi connectivity index (χ2v) is 4.56. The van der Waals surface area contributed by atoms with Crippen molar-refractivity contribution in [2.45, 2.75) is 33.7 Å². The molecular formula is C13H24N4O. The molecule has 102 valence electrons. The number of amides is 1. The molecule has 1 rings (SSSR count). The molecule has 5 nitrogen and oxygen atoms in total. The molecule has 0 aliphatic carbocycles. The summed E-state index contributed by atoms with van der Waals surface area (Å²) >= 11 is 0. The van der Waals surface area contributed by atoms with E-state index >= 15 is 0 Å². The number of aryl methyl sites for hydroxylation is 2. The lowest BCUT2D eigenvalue weighted by Gasteiger charge is -2.12. The van der Waals surface area contributed by atoms with Crippen LogP contribution in [0, 0.1) is 5.92 Å². The fourth-order valence-corrected chi connectivity index (χ4v) is 1.84. The molecule has 0 aromatic carbocycles. The van der Waals surface area contributed by atoms with E-state index < -0.39 is 0 Å². The summed E-state index contributed by atoms with van der Waals surface area (Å²) in [6.07, 6.45) is 0.851. The normalized spacial score (nSPS) is 12.4. The standard InChI is InChI=1S/C13H24N4O/c1-5-11-7-12(17(6-2)16-11)13(18)15-9-10(3)8-14-4/h7,10,14H,5-6,8-9H2,1-4H3,(H,15,18). The lowest BCUT2D eigenvalue weighted by atomic mass is 10.2. The average molecular weight is 252 g/mol. The monoisotopic (exact) mass is 252 g/mol. The zero-order valence-electron chi connectivity index (χ0n) is 11.8. The molecule has 1 aromatic rings. The summed E-state index contributed by atoms with van der Waals surface area (Å²) in [5.41, 5.74) is 1.62. The van der Waals surface area contributed by atoms with Gasteiger partial charge in [-0.1, -0.05) is 13.8 Å². The third-order valence-corrected chi connectivity index (χ3v) is 2.89. The molecule has 18 heavy (non-hydrogen) atoms. The third kappa shape index (κ3) is 3.84. The van der Waals surface area contributed by atoms with E-state index in [2.05, 4.69) is 22.7 Å². The molecule has 0 spiro atoms. The molecule has 0 saturated heterocycles. The minimum absolute atomic E-state index is 0.0352. The number of nitrogens with zero attached hydrogens (tertiary/aromatic N) is 2. The zero-order chi connectivity index (χ0) is 13.5. The van der Waals surface area contributed by atoms with Crippen molar-refractivity contribution in [1.82, 2.24) is 20.4 Å². The van der Waals surface area contributed by atoms with Crippen LogP contribution < -0.4 is 10.6 Å². The molecule has 1 aromatic heterocycles. The fraction of sp³-hybridized carbons (Fsp3) is 0.692. The maximum absolute atomic E-state index is 12.1. The Morgan fingerprint density at radius 1 is 1.44 bits per heavy atom. The van der Waals surface area contributed by atoms with Gasteiger partial charge in [-0.3, -0.25) is 9.48 Å². The lowest BCUT2D eigenvalue weighted by molar-refractivity contribution is 0.0937. The summed E-state index contributed by atoms with van der Waals surface area (Å²) in [6, 6.07) is 1.88. The molecule has 1 amide bonds. The maximum atomic E-state index is 12.1. The van der Waals surface area contributed by atoms with Crippen molar-refractivity contribution < 1.29 is 4.79 Å². The third-order valence-electron chi connectivity index (χ3n) is 2.89. The highest BCUT2D eigenvalue weighted by Crippen LogP contribution is 2.05. The van der Waals surface area contributed by atoms with Gasteiger partial charge in [0, 0.05) is 13.1 Å². The second kappa shape index (κ2) is 7.16. The van der Waals surface area contributed by atoms with Crippen molar-refractivity contribution in [3.8, 4) is 0 Å². The van der Waals surface area contributed by atoms with Crippen LogP contribution >= 0.6 is 0 Å². The van der Waals surface area contributed by atoms with Crippen molar-refractivity contribution in [2.24, 2.45) is 5.92 Å². The van der Waals surface area contributed by atoms with E-state index in [0.717, 1.165) is 25.2 Å². The van der Waals surface area contributed by atoms with Crippen LogP contribution in [0.5, 0.6) is 0 Å². The first-order chi connectivity index (χ1) is 8.62. The molecule has 1 unspecified atom stereocenters. The Morgan fingerprint density at radius 3 is 2.72 bits per heavy atom. The van der Waals surface area contributed by atoms with E-state index in [1.807, 2.05) is 27.0 Å². The van der Waals surface area contributed by atoms with Crippen LogP contribution in [-0.4, -0.2) is 35.8 Å². The van der Waals surface area contributed by atoms with Crippen LogP contribution in [0.4, 0.5) is 0 Å². The maximum Gasteiger partial charge on any atom is 0.269 e. The van der Waals surface area contributed by atoms with Gasteiger partial charge < -0.3 is 10.6 Å². The molecule has 5 heteroatoms. The topological polar surface area (TPSA) is 59.0 Å². The summed E-state index contributed by atoms with van der Waals surface area (Å²) in [5.74, 6) is 0.384. The number of rotatable bonds is 7. The Balaban J connectivity index is 2.63. The van der Waals surface area contributed by atoms with Crippen molar-refractivity contribution in [1.29, 1.82) is 0 Å². The molecule has 0 saturated carbocycles. The van der Waals surface area contributed by atoms with Gasteiger partial charge in [0.2, 0.25) is 0 Å². The highest BCUT2D eigenvalue weighted by Gasteiger charge is 2.14. The van der Waals surface area contributed by atoms with Gasteiger partial charge in [0.15, 0.2) is 0 Å². The van der Waals surface area contributed by atoms with Crippen molar-refractivity contribution in [3.63, 3.8) is 0 Å². The van der Waals surface area contributed by atoms with Crippen molar-refractivity contribution >= 4 is 5.91 Å². The highest BCUT2D eigenvalue weighted by molar-refractivity contribution is 5.92. The summed E-state index contributed by atoms with van der Waals surface area (Å²) in [7, 11) is 1.91. The molecular weight excluding hydrogens is 228 g/mol. The van der Waals surface area contributed by atoms with Gasteiger partial charge in [0.05, 0.1) is 5.69 Å².